The molecular formula is C13H18ClNO2. The quantitative estimate of drug-likeness (QED) is 0.794. The van der Waals surface area contributed by atoms with Crippen LogP contribution in [-0.2, 0) is 4.79 Å². The number of benzene rings is 1. The van der Waals surface area contributed by atoms with Gasteiger partial charge in [0.1, 0.15) is 5.75 Å². The zero-order chi connectivity index (χ0) is 12.7. The molecule has 0 aromatic heterocycles. The Labute approximate surface area is 107 Å². The Balaban J connectivity index is 2.26. The van der Waals surface area contributed by atoms with Crippen LogP contribution < -0.4 is 10.1 Å². The minimum Gasteiger partial charge on any atom is -0.493 e. The molecule has 1 aromatic rings. The highest BCUT2D eigenvalue weighted by atomic mass is 35.5. The van der Waals surface area contributed by atoms with Gasteiger partial charge < -0.3 is 10.1 Å². The zero-order valence-corrected chi connectivity index (χ0v) is 11.0. The molecule has 1 amide bonds. The van der Waals surface area contributed by atoms with E-state index in [1.165, 1.54) is 0 Å². The Morgan fingerprint density at radius 3 is 2.94 bits per heavy atom. The Morgan fingerprint density at radius 2 is 2.29 bits per heavy atom. The summed E-state index contributed by atoms with van der Waals surface area (Å²) in [6.07, 6.45) is 0.342. The number of hydrogen-bond donors (Lipinski definition) is 1. The maximum absolute atomic E-state index is 11.4. The van der Waals surface area contributed by atoms with Crippen molar-refractivity contribution in [3.8, 4) is 5.75 Å². The second-order valence-electron chi connectivity index (χ2n) is 4.04. The van der Waals surface area contributed by atoms with E-state index in [1.807, 2.05) is 38.1 Å². The summed E-state index contributed by atoms with van der Waals surface area (Å²) < 4.78 is 5.48. The number of nitrogens with one attached hydrogen (secondary N) is 1. The lowest BCUT2D eigenvalue weighted by molar-refractivity contribution is -0.122. The molecule has 1 N–H and O–H groups in total. The van der Waals surface area contributed by atoms with Crippen LogP contribution in [0.15, 0.2) is 24.3 Å². The van der Waals surface area contributed by atoms with Gasteiger partial charge in [0.25, 0.3) is 0 Å². The maximum Gasteiger partial charge on any atom is 0.223 e. The van der Waals surface area contributed by atoms with Gasteiger partial charge in [-0.15, -0.1) is 11.6 Å². The predicted octanol–water partition coefficient (Wildman–Crippen LogP) is 2.51. The van der Waals surface area contributed by atoms with Crippen molar-refractivity contribution in [2.24, 2.45) is 0 Å². The molecule has 0 radical (unpaired) electrons. The molecule has 3 nitrogen and oxygen atoms in total. The first kappa shape index (κ1) is 13.8. The topological polar surface area (TPSA) is 38.3 Å². The summed E-state index contributed by atoms with van der Waals surface area (Å²) in [6, 6.07) is 7.76. The molecule has 1 rings (SSSR count). The number of amides is 1. The van der Waals surface area contributed by atoms with Gasteiger partial charge in [0, 0.05) is 11.9 Å². The summed E-state index contributed by atoms with van der Waals surface area (Å²) in [5.41, 5.74) is 1.14. The van der Waals surface area contributed by atoms with E-state index in [-0.39, 0.29) is 11.9 Å². The fourth-order valence-corrected chi connectivity index (χ4v) is 1.43. The van der Waals surface area contributed by atoms with Crippen molar-refractivity contribution in [3.63, 3.8) is 0 Å². The minimum atomic E-state index is -0.0363. The molecule has 0 aliphatic carbocycles. The molecule has 4 heteroatoms. The molecule has 94 valence electrons. The summed E-state index contributed by atoms with van der Waals surface area (Å²) >= 11 is 5.60. The summed E-state index contributed by atoms with van der Waals surface area (Å²) in [6.45, 7) is 4.25. The number of alkyl halides is 1. The van der Waals surface area contributed by atoms with Gasteiger partial charge in [-0.3, -0.25) is 4.79 Å². The van der Waals surface area contributed by atoms with E-state index in [0.717, 1.165) is 11.3 Å². The van der Waals surface area contributed by atoms with Gasteiger partial charge >= 0.3 is 0 Å². The Morgan fingerprint density at radius 1 is 1.53 bits per heavy atom. The summed E-state index contributed by atoms with van der Waals surface area (Å²) in [7, 11) is 0. The van der Waals surface area contributed by atoms with E-state index in [1.54, 1.807) is 0 Å². The van der Waals surface area contributed by atoms with Gasteiger partial charge in [-0.2, -0.15) is 0 Å². The first-order chi connectivity index (χ1) is 8.11. The predicted molar refractivity (Wildman–Crippen MR) is 69.6 cm³/mol. The first-order valence-corrected chi connectivity index (χ1v) is 6.20. The molecule has 0 bridgehead atoms. The number of halogens is 1. The Bertz CT molecular complexity index is 368. The van der Waals surface area contributed by atoms with Crippen molar-refractivity contribution in [1.29, 1.82) is 0 Å². The van der Waals surface area contributed by atoms with Crippen molar-refractivity contribution in [3.05, 3.63) is 29.8 Å². The minimum absolute atomic E-state index is 0.00290. The molecule has 0 heterocycles. The van der Waals surface area contributed by atoms with Gasteiger partial charge in [0.2, 0.25) is 5.91 Å². The number of carbonyl (C=O) groups excluding carboxylic acids is 1. The number of hydrogen-bond acceptors (Lipinski definition) is 2. The third-order valence-electron chi connectivity index (χ3n) is 2.23. The normalized spacial score (nSPS) is 11.9. The fraction of sp³-hybridized carbons (Fsp3) is 0.462. The van der Waals surface area contributed by atoms with E-state index in [0.29, 0.717) is 18.9 Å². The van der Waals surface area contributed by atoms with Gasteiger partial charge in [0.15, 0.2) is 0 Å². The lowest BCUT2D eigenvalue weighted by Crippen LogP contribution is -2.34. The molecule has 0 aliphatic rings. The summed E-state index contributed by atoms with van der Waals surface area (Å²) in [5.74, 6) is 1.18. The average molecular weight is 256 g/mol. The van der Waals surface area contributed by atoms with Gasteiger partial charge in [-0.1, -0.05) is 12.1 Å². The third-order valence-corrected chi connectivity index (χ3v) is 2.69. The fourth-order valence-electron chi connectivity index (χ4n) is 1.35. The highest BCUT2D eigenvalue weighted by molar-refractivity contribution is 6.18. The van der Waals surface area contributed by atoms with Crippen molar-refractivity contribution >= 4 is 17.5 Å². The molecule has 0 aliphatic heterocycles. The van der Waals surface area contributed by atoms with Gasteiger partial charge in [-0.25, -0.2) is 0 Å². The van der Waals surface area contributed by atoms with Crippen LogP contribution in [0.2, 0.25) is 0 Å². The lowest BCUT2D eigenvalue weighted by atomic mass is 10.2. The molecule has 1 atom stereocenters. The van der Waals surface area contributed by atoms with Crippen LogP contribution in [-0.4, -0.2) is 24.4 Å². The zero-order valence-electron chi connectivity index (χ0n) is 10.2. The van der Waals surface area contributed by atoms with E-state index in [4.69, 9.17) is 16.3 Å². The van der Waals surface area contributed by atoms with E-state index < -0.39 is 0 Å². The van der Waals surface area contributed by atoms with Gasteiger partial charge in [0.05, 0.1) is 13.0 Å². The Hall–Kier alpha value is -1.22. The number of rotatable bonds is 6. The maximum atomic E-state index is 11.4. The van der Waals surface area contributed by atoms with Crippen LogP contribution >= 0.6 is 11.6 Å². The SMILES string of the molecule is Cc1cccc(OCCC(=O)NC(C)CCl)c1. The number of ether oxygens (including phenoxy) is 1. The van der Waals surface area contributed by atoms with Crippen LogP contribution in [0.25, 0.3) is 0 Å². The van der Waals surface area contributed by atoms with E-state index in [2.05, 4.69) is 5.32 Å². The molecule has 17 heavy (non-hydrogen) atoms. The summed E-state index contributed by atoms with van der Waals surface area (Å²) in [5, 5.41) is 2.78. The molecule has 0 saturated carbocycles. The number of aryl methyl sites for hydroxylation is 1. The largest absolute Gasteiger partial charge is 0.493 e. The van der Waals surface area contributed by atoms with Crippen LogP contribution in [0.3, 0.4) is 0 Å². The third kappa shape index (κ3) is 5.59. The van der Waals surface area contributed by atoms with Gasteiger partial charge in [-0.05, 0) is 31.5 Å². The standard InChI is InChI=1S/C13H18ClNO2/c1-10-4-3-5-12(8-10)17-7-6-13(16)15-11(2)9-14/h3-5,8,11H,6-7,9H2,1-2H3,(H,15,16). The second kappa shape index (κ2) is 7.17. The molecule has 1 aromatic carbocycles. The molecular weight excluding hydrogens is 238 g/mol. The van der Waals surface area contributed by atoms with Crippen LogP contribution in [0, 0.1) is 6.92 Å². The first-order valence-electron chi connectivity index (χ1n) is 5.66. The van der Waals surface area contributed by atoms with Crippen molar-refractivity contribution in [2.75, 3.05) is 12.5 Å². The van der Waals surface area contributed by atoms with Crippen LogP contribution in [0.4, 0.5) is 0 Å². The number of carbonyl (C=O) groups is 1. The molecule has 0 fully saturated rings. The molecule has 0 saturated heterocycles. The smallest absolute Gasteiger partial charge is 0.223 e. The van der Waals surface area contributed by atoms with Crippen LogP contribution in [0.5, 0.6) is 5.75 Å². The van der Waals surface area contributed by atoms with Crippen molar-refractivity contribution in [2.45, 2.75) is 26.3 Å². The van der Waals surface area contributed by atoms with E-state index in [9.17, 15) is 4.79 Å². The molecule has 1 unspecified atom stereocenters. The highest BCUT2D eigenvalue weighted by Gasteiger charge is 2.06. The second-order valence-corrected chi connectivity index (χ2v) is 4.35. The van der Waals surface area contributed by atoms with E-state index >= 15 is 0 Å². The van der Waals surface area contributed by atoms with Crippen LogP contribution in [0.1, 0.15) is 18.9 Å². The average Bonchev–Trinajstić information content (AvgIpc) is 2.29. The highest BCUT2D eigenvalue weighted by Crippen LogP contribution is 2.12. The molecule has 0 spiro atoms. The summed E-state index contributed by atoms with van der Waals surface area (Å²) in [4.78, 5) is 11.4. The Kier molecular flexibility index (Phi) is 5.84. The monoisotopic (exact) mass is 255 g/mol. The lowest BCUT2D eigenvalue weighted by Gasteiger charge is -2.11. The van der Waals surface area contributed by atoms with Crippen molar-refractivity contribution < 1.29 is 9.53 Å². The van der Waals surface area contributed by atoms with Crippen molar-refractivity contribution in [1.82, 2.24) is 5.32 Å².